The molecule has 236 valence electrons. The van der Waals surface area contributed by atoms with Crippen LogP contribution in [0.3, 0.4) is 0 Å². The highest BCUT2D eigenvalue weighted by atomic mass is 16.4. The number of aliphatic carboxylic acids is 2. The van der Waals surface area contributed by atoms with E-state index in [2.05, 4.69) is 37.0 Å². The molecule has 3 aromatic heterocycles. The highest BCUT2D eigenvalue weighted by molar-refractivity contribution is 5.93. The second-order valence-corrected chi connectivity index (χ2v) is 12.5. The summed E-state index contributed by atoms with van der Waals surface area (Å²) in [6.45, 7) is 7.65. The summed E-state index contributed by atoms with van der Waals surface area (Å²) in [5, 5.41) is 31.4. The predicted molar refractivity (Wildman–Crippen MR) is 175 cm³/mol. The zero-order valence-electron chi connectivity index (χ0n) is 26.5. The molecule has 4 atom stereocenters. The standard InChI is InChI=1S/C37H29N7O4/c1-18-14-20(3)43(41-18)36-38-29(39-37(40-36)44-21(4)15-19(2)42-44)13-12-22-8-7-9-23-16-27-28(17-26(22)23)31-25-11-6-5-10-24(25)30(27)32(34(45)46)33(31)35(47)48/h5-11,14-17,30-33H,1-4H3,(H,45,46)(H,47,48). The largest absolute Gasteiger partial charge is 0.481 e. The van der Waals surface area contributed by atoms with E-state index in [9.17, 15) is 19.8 Å². The van der Waals surface area contributed by atoms with Crippen molar-refractivity contribution in [2.75, 3.05) is 0 Å². The number of nitrogens with zero attached hydrogens (tertiary/aromatic N) is 7. The van der Waals surface area contributed by atoms with Crippen molar-refractivity contribution in [2.24, 2.45) is 11.8 Å². The summed E-state index contributed by atoms with van der Waals surface area (Å²) in [4.78, 5) is 39.2. The fourth-order valence-electron chi connectivity index (χ4n) is 7.59. The molecule has 4 unspecified atom stereocenters. The number of carboxylic acid groups (broad SMARTS) is 2. The third-order valence-electron chi connectivity index (χ3n) is 9.41. The quantitative estimate of drug-likeness (QED) is 0.255. The van der Waals surface area contributed by atoms with Crippen molar-refractivity contribution in [2.45, 2.75) is 39.5 Å². The minimum absolute atomic E-state index is 0.230. The van der Waals surface area contributed by atoms with Gasteiger partial charge in [0.25, 0.3) is 11.9 Å². The molecule has 11 heteroatoms. The van der Waals surface area contributed by atoms with Gasteiger partial charge in [-0.1, -0.05) is 48.4 Å². The topological polar surface area (TPSA) is 149 Å². The summed E-state index contributed by atoms with van der Waals surface area (Å²) < 4.78 is 3.30. The smallest absolute Gasteiger partial charge is 0.308 e. The molecule has 0 fully saturated rings. The molecule has 0 amide bonds. The lowest BCUT2D eigenvalue weighted by Crippen LogP contribution is -2.46. The Morgan fingerprint density at radius 2 is 1.19 bits per heavy atom. The minimum Gasteiger partial charge on any atom is -0.481 e. The van der Waals surface area contributed by atoms with Crippen LogP contribution in [0.2, 0.25) is 0 Å². The van der Waals surface area contributed by atoms with Crippen LogP contribution in [0.25, 0.3) is 22.7 Å². The van der Waals surface area contributed by atoms with Gasteiger partial charge in [-0.05, 0) is 90.9 Å². The monoisotopic (exact) mass is 635 g/mol. The van der Waals surface area contributed by atoms with Crippen molar-refractivity contribution >= 4 is 22.7 Å². The van der Waals surface area contributed by atoms with Gasteiger partial charge < -0.3 is 10.2 Å². The Bertz CT molecular complexity index is 2350. The number of fused-ring (bicyclic) bond motifs is 2. The maximum atomic E-state index is 12.7. The average Bonchev–Trinajstić information content (AvgIpc) is 3.60. The van der Waals surface area contributed by atoms with E-state index in [1.54, 1.807) is 9.36 Å². The first kappa shape index (κ1) is 29.3. The zero-order chi connectivity index (χ0) is 33.4. The SMILES string of the molecule is Cc1cc(C)n(-c2nc(C#Cc3cccc4cc5c(cc34)C3c4ccccc4C5C(C(=O)O)C3C(=O)O)nc(-n3nc(C)cc3C)n2)n1. The fourth-order valence-corrected chi connectivity index (χ4v) is 7.59. The first-order valence-corrected chi connectivity index (χ1v) is 15.6. The minimum atomic E-state index is -1.11. The molecule has 3 aliphatic rings. The molecule has 2 bridgehead atoms. The fraction of sp³-hybridized carbons (Fsp3) is 0.216. The average molecular weight is 636 g/mol. The third kappa shape index (κ3) is 4.48. The number of hydrogen-bond acceptors (Lipinski definition) is 7. The van der Waals surface area contributed by atoms with Gasteiger partial charge in [-0.25, -0.2) is 9.36 Å². The van der Waals surface area contributed by atoms with E-state index in [1.165, 1.54) is 0 Å². The van der Waals surface area contributed by atoms with Gasteiger partial charge in [0.2, 0.25) is 5.82 Å². The van der Waals surface area contributed by atoms with Gasteiger partial charge in [0.1, 0.15) is 0 Å². The summed E-state index contributed by atoms with van der Waals surface area (Å²) >= 11 is 0. The highest BCUT2D eigenvalue weighted by Crippen LogP contribution is 2.59. The molecule has 0 radical (unpaired) electrons. The van der Waals surface area contributed by atoms with Gasteiger partial charge in [-0.15, -0.1) is 0 Å². The van der Waals surface area contributed by atoms with Crippen LogP contribution >= 0.6 is 0 Å². The third-order valence-corrected chi connectivity index (χ3v) is 9.41. The van der Waals surface area contributed by atoms with Gasteiger partial charge in [0.15, 0.2) is 0 Å². The Morgan fingerprint density at radius 3 is 1.69 bits per heavy atom. The van der Waals surface area contributed by atoms with Gasteiger partial charge in [-0.3, -0.25) is 9.59 Å². The summed E-state index contributed by atoms with van der Waals surface area (Å²) in [6, 6.07) is 21.2. The summed E-state index contributed by atoms with van der Waals surface area (Å²) in [6.07, 6.45) is 0. The maximum Gasteiger partial charge on any atom is 0.308 e. The lowest BCUT2D eigenvalue weighted by molar-refractivity contribution is -0.156. The second-order valence-electron chi connectivity index (χ2n) is 12.5. The van der Waals surface area contributed by atoms with Crippen LogP contribution in [-0.2, 0) is 9.59 Å². The van der Waals surface area contributed by atoms with Gasteiger partial charge in [0, 0.05) is 28.8 Å². The van der Waals surface area contributed by atoms with Crippen molar-refractivity contribution in [3.05, 3.63) is 123 Å². The molecule has 0 saturated heterocycles. The molecule has 11 nitrogen and oxygen atoms in total. The van der Waals surface area contributed by atoms with E-state index in [-0.39, 0.29) is 5.82 Å². The molecule has 6 aromatic rings. The second kappa shape index (κ2) is 10.7. The van der Waals surface area contributed by atoms with Crippen molar-refractivity contribution in [3.63, 3.8) is 0 Å². The summed E-state index contributed by atoms with van der Waals surface area (Å²) in [7, 11) is 0. The van der Waals surface area contributed by atoms with E-state index in [0.717, 1.165) is 55.8 Å². The van der Waals surface area contributed by atoms with Crippen LogP contribution in [0.1, 0.15) is 68.3 Å². The molecule has 3 aliphatic carbocycles. The first-order valence-electron chi connectivity index (χ1n) is 15.6. The number of rotatable bonds is 4. The molecule has 3 aromatic carbocycles. The Hall–Kier alpha value is -6.15. The van der Waals surface area contributed by atoms with Crippen molar-refractivity contribution in [1.29, 1.82) is 0 Å². The molecule has 48 heavy (non-hydrogen) atoms. The van der Waals surface area contributed by atoms with Crippen LogP contribution in [-0.4, -0.2) is 56.7 Å². The van der Waals surface area contributed by atoms with Crippen LogP contribution in [0.4, 0.5) is 0 Å². The maximum absolute atomic E-state index is 12.7. The van der Waals surface area contributed by atoms with Crippen molar-refractivity contribution < 1.29 is 19.8 Å². The Morgan fingerprint density at radius 1 is 0.646 bits per heavy atom. The molecular weight excluding hydrogens is 606 g/mol. The molecule has 2 N–H and O–H groups in total. The number of aromatic nitrogens is 7. The van der Waals surface area contributed by atoms with Crippen LogP contribution in [0.15, 0.2) is 66.7 Å². The summed E-state index contributed by atoms with van der Waals surface area (Å²) in [5.41, 5.74) is 7.47. The lowest BCUT2D eigenvalue weighted by atomic mass is 9.54. The number of carboxylic acids is 2. The first-order chi connectivity index (χ1) is 23.1. The number of benzene rings is 3. The van der Waals surface area contributed by atoms with Crippen LogP contribution < -0.4 is 0 Å². The van der Waals surface area contributed by atoms with Crippen LogP contribution in [0.5, 0.6) is 0 Å². The molecule has 0 spiro atoms. The van der Waals surface area contributed by atoms with Gasteiger partial charge in [-0.2, -0.15) is 25.1 Å². The molecular formula is C37H29N7O4. The summed E-state index contributed by atoms with van der Waals surface area (Å²) in [5.74, 6) is 1.68. The van der Waals surface area contributed by atoms with E-state index >= 15 is 0 Å². The number of aryl methyl sites for hydroxylation is 4. The lowest BCUT2D eigenvalue weighted by Gasteiger charge is -2.47. The van der Waals surface area contributed by atoms with Crippen molar-refractivity contribution in [1.82, 2.24) is 34.5 Å². The van der Waals surface area contributed by atoms with Gasteiger partial charge >= 0.3 is 11.9 Å². The van der Waals surface area contributed by atoms with E-state index < -0.39 is 35.6 Å². The Balaban J connectivity index is 1.29. The Labute approximate surface area is 274 Å². The molecule has 9 rings (SSSR count). The van der Waals surface area contributed by atoms with E-state index in [1.807, 2.05) is 94.4 Å². The highest BCUT2D eigenvalue weighted by Gasteiger charge is 2.55. The normalized spacial score (nSPS) is 19.0. The Kier molecular flexibility index (Phi) is 6.53. The van der Waals surface area contributed by atoms with Gasteiger partial charge in [0.05, 0.1) is 23.2 Å². The predicted octanol–water partition coefficient (Wildman–Crippen LogP) is 5.02. The molecule has 0 saturated carbocycles. The van der Waals surface area contributed by atoms with E-state index in [4.69, 9.17) is 0 Å². The number of hydrogen-bond donors (Lipinski definition) is 2. The van der Waals surface area contributed by atoms with E-state index in [0.29, 0.717) is 17.5 Å². The zero-order valence-corrected chi connectivity index (χ0v) is 26.5. The van der Waals surface area contributed by atoms with Crippen molar-refractivity contribution in [3.8, 4) is 23.7 Å². The molecule has 0 aliphatic heterocycles. The van der Waals surface area contributed by atoms with Crippen LogP contribution in [0, 0.1) is 51.4 Å². The number of carbonyl (C=O) groups is 2. The molecule has 3 heterocycles.